The molecular weight excluding hydrogens is 501 g/mol. The molecule has 1 aliphatic carbocycles. The van der Waals surface area contributed by atoms with E-state index in [1.165, 1.54) is 4.90 Å². The zero-order valence-electron chi connectivity index (χ0n) is 22.7. The predicted octanol–water partition coefficient (Wildman–Crippen LogP) is 3.66. The molecule has 4 rings (SSSR count). The monoisotopic (exact) mass is 539 g/mol. The van der Waals surface area contributed by atoms with Crippen LogP contribution in [0.4, 0.5) is 0 Å². The molecule has 3 N–H and O–H groups in total. The van der Waals surface area contributed by atoms with E-state index in [0.29, 0.717) is 45.1 Å². The smallest absolute Gasteiger partial charge is 0.455 e. The topological polar surface area (TPSA) is 134 Å². The molecule has 2 heterocycles. The number of aliphatic carboxylic acids is 1. The van der Waals surface area contributed by atoms with Gasteiger partial charge in [0.2, 0.25) is 11.8 Å². The Bertz CT molecular complexity index is 1150. The highest BCUT2D eigenvalue weighted by molar-refractivity contribution is 6.43. The van der Waals surface area contributed by atoms with Crippen LogP contribution >= 0.6 is 0 Å². The van der Waals surface area contributed by atoms with Gasteiger partial charge in [0, 0.05) is 20.1 Å². The summed E-state index contributed by atoms with van der Waals surface area (Å²) in [5, 5.41) is 29.3. The van der Waals surface area contributed by atoms with Crippen molar-refractivity contribution in [3.63, 3.8) is 0 Å². The van der Waals surface area contributed by atoms with E-state index < -0.39 is 31.0 Å². The number of fused-ring (bicyclic) bond motifs is 3. The van der Waals surface area contributed by atoms with Gasteiger partial charge in [-0.25, -0.2) is 0 Å². The lowest BCUT2D eigenvalue weighted by Gasteiger charge is -2.43. The first-order valence-electron chi connectivity index (χ1n) is 13.8. The minimum absolute atomic E-state index is 0.0740. The summed E-state index contributed by atoms with van der Waals surface area (Å²) in [4.78, 5) is 39.0. The molecule has 1 aromatic carbocycles. The predicted molar refractivity (Wildman–Crippen MR) is 145 cm³/mol. The van der Waals surface area contributed by atoms with Crippen LogP contribution in [0.3, 0.4) is 0 Å². The largest absolute Gasteiger partial charge is 0.508 e. The van der Waals surface area contributed by atoms with E-state index >= 15 is 0 Å². The summed E-state index contributed by atoms with van der Waals surface area (Å²) in [6, 6.07) is 7.03. The molecule has 2 saturated heterocycles. The highest BCUT2D eigenvalue weighted by atomic mass is 16.5. The third-order valence-electron chi connectivity index (χ3n) is 8.07. The van der Waals surface area contributed by atoms with Gasteiger partial charge >= 0.3 is 13.1 Å². The number of amides is 2. The number of carboxylic acid groups (broad SMARTS) is 1. The second-order valence-electron chi connectivity index (χ2n) is 10.9. The van der Waals surface area contributed by atoms with Crippen molar-refractivity contribution in [1.29, 1.82) is 0 Å². The number of allylic oxidation sites excluding steroid dienone is 1. The summed E-state index contributed by atoms with van der Waals surface area (Å²) >= 11 is 0. The van der Waals surface area contributed by atoms with Crippen molar-refractivity contribution in [3.8, 4) is 5.75 Å². The first-order valence-corrected chi connectivity index (χ1v) is 13.8. The van der Waals surface area contributed by atoms with E-state index in [-0.39, 0.29) is 42.8 Å². The summed E-state index contributed by atoms with van der Waals surface area (Å²) in [6.45, 7) is 2.63. The summed E-state index contributed by atoms with van der Waals surface area (Å²) < 4.78 is 11.5. The molecule has 0 spiro atoms. The Morgan fingerprint density at radius 2 is 1.97 bits per heavy atom. The molecule has 0 radical (unpaired) electrons. The van der Waals surface area contributed by atoms with Gasteiger partial charge in [-0.15, -0.1) is 0 Å². The highest BCUT2D eigenvalue weighted by Crippen LogP contribution is 2.50. The van der Waals surface area contributed by atoms with Crippen LogP contribution < -0.4 is 0 Å². The normalized spacial score (nSPS) is 25.3. The SMILES string of the molecule is COCC1=C2[C@@H](CC/C(C)=C/c3cccc(O)c3)OB(O)C[C@@H]2[C@@H]2C(=O)N(CCCCCC(=O)O)C(=O)[C@@H]2C1. The average Bonchev–Trinajstić information content (AvgIpc) is 3.11. The molecule has 4 atom stereocenters. The molecule has 1 aromatic rings. The molecule has 2 aliphatic heterocycles. The van der Waals surface area contributed by atoms with Gasteiger partial charge in [-0.3, -0.25) is 19.3 Å². The number of carboxylic acids is 1. The summed E-state index contributed by atoms with van der Waals surface area (Å²) in [7, 11) is 0.574. The molecule has 0 unspecified atom stereocenters. The number of phenolic OH excluding ortho intramolecular Hbond substituents is 1. The molecule has 2 fully saturated rings. The number of likely N-dealkylation sites (tertiary alicyclic amines) is 1. The van der Waals surface area contributed by atoms with Crippen molar-refractivity contribution in [3.05, 3.63) is 46.5 Å². The fourth-order valence-corrected chi connectivity index (χ4v) is 6.41. The zero-order chi connectivity index (χ0) is 28.1. The maximum absolute atomic E-state index is 13.6. The number of phenols is 1. The Morgan fingerprint density at radius 1 is 1.18 bits per heavy atom. The number of benzene rings is 1. The molecule has 0 saturated carbocycles. The van der Waals surface area contributed by atoms with Crippen molar-refractivity contribution in [2.24, 2.45) is 17.8 Å². The van der Waals surface area contributed by atoms with Crippen molar-refractivity contribution in [2.45, 2.75) is 64.3 Å². The van der Waals surface area contributed by atoms with Gasteiger partial charge < -0.3 is 24.6 Å². The number of hydrogen-bond donors (Lipinski definition) is 3. The number of aromatic hydroxyl groups is 1. The highest BCUT2D eigenvalue weighted by Gasteiger charge is 2.57. The first-order chi connectivity index (χ1) is 18.7. The van der Waals surface area contributed by atoms with Crippen LogP contribution in [0.2, 0.25) is 6.32 Å². The number of carbonyl (C=O) groups excluding carboxylic acids is 2. The van der Waals surface area contributed by atoms with Crippen LogP contribution in [0.5, 0.6) is 5.75 Å². The van der Waals surface area contributed by atoms with Crippen molar-refractivity contribution < 1.29 is 39.0 Å². The quantitative estimate of drug-likeness (QED) is 0.159. The van der Waals surface area contributed by atoms with Gasteiger partial charge in [0.15, 0.2) is 0 Å². The molecule has 0 bridgehead atoms. The third-order valence-corrected chi connectivity index (χ3v) is 8.07. The summed E-state index contributed by atoms with van der Waals surface area (Å²) in [5.41, 5.74) is 3.94. The van der Waals surface area contributed by atoms with Crippen LogP contribution in [0.25, 0.3) is 6.08 Å². The maximum Gasteiger partial charge on any atom is 0.455 e. The maximum atomic E-state index is 13.6. The third kappa shape index (κ3) is 6.80. The Morgan fingerprint density at radius 3 is 2.69 bits per heavy atom. The summed E-state index contributed by atoms with van der Waals surface area (Å²) in [6.07, 6.45) is 5.36. The molecular formula is C29H38BNO8. The second kappa shape index (κ2) is 12.9. The van der Waals surface area contributed by atoms with Gasteiger partial charge in [0.25, 0.3) is 0 Å². The average molecular weight is 539 g/mol. The molecule has 39 heavy (non-hydrogen) atoms. The van der Waals surface area contributed by atoms with Gasteiger partial charge in [0.1, 0.15) is 5.75 Å². The minimum atomic E-state index is -1.03. The van der Waals surface area contributed by atoms with Gasteiger partial charge in [-0.2, -0.15) is 0 Å². The number of hydrogen-bond acceptors (Lipinski definition) is 7. The van der Waals surface area contributed by atoms with Gasteiger partial charge in [-0.05, 0) is 80.1 Å². The van der Waals surface area contributed by atoms with E-state index in [0.717, 1.165) is 22.3 Å². The van der Waals surface area contributed by atoms with Crippen molar-refractivity contribution >= 4 is 31.0 Å². The van der Waals surface area contributed by atoms with E-state index in [9.17, 15) is 24.5 Å². The lowest BCUT2D eigenvalue weighted by atomic mass is 9.58. The molecule has 10 heteroatoms. The fourth-order valence-electron chi connectivity index (χ4n) is 6.41. The molecule has 2 amide bonds. The number of unbranched alkanes of at least 4 members (excludes halogenated alkanes) is 2. The standard InChI is InChI=1S/C29H38BNO8/c1-18(13-19-7-6-8-21(32)14-19)10-11-24-26-20(17-38-2)15-22-27(23(26)16-30(37)39-24)29(36)31(28(22)35)12-5-3-4-9-25(33)34/h6-8,13-14,22-24,27,32,37H,3-5,9-12,15-17H2,1-2H3,(H,33,34)/b18-13+/t22-,23+,24-,27-/m1/s1. The van der Waals surface area contributed by atoms with E-state index in [1.807, 2.05) is 19.1 Å². The number of rotatable bonds is 12. The van der Waals surface area contributed by atoms with Crippen molar-refractivity contribution in [2.75, 3.05) is 20.3 Å². The Hall–Kier alpha value is -2.95. The lowest BCUT2D eigenvalue weighted by Crippen LogP contribution is -2.46. The minimum Gasteiger partial charge on any atom is -0.508 e. The lowest BCUT2D eigenvalue weighted by molar-refractivity contribution is -0.141. The van der Waals surface area contributed by atoms with Crippen LogP contribution in [0, 0.1) is 17.8 Å². The Kier molecular flexibility index (Phi) is 9.64. The number of carbonyl (C=O) groups is 3. The van der Waals surface area contributed by atoms with Crippen LogP contribution in [0.1, 0.15) is 57.4 Å². The molecule has 0 aromatic heterocycles. The van der Waals surface area contributed by atoms with E-state index in [1.54, 1.807) is 25.3 Å². The summed E-state index contributed by atoms with van der Waals surface area (Å²) in [5.74, 6) is -2.34. The number of methoxy groups -OCH3 is 1. The van der Waals surface area contributed by atoms with E-state index in [4.69, 9.17) is 14.5 Å². The van der Waals surface area contributed by atoms with E-state index in [2.05, 4.69) is 0 Å². The number of ether oxygens (including phenoxy) is 1. The van der Waals surface area contributed by atoms with Gasteiger partial charge in [-0.1, -0.05) is 30.2 Å². The first kappa shape index (κ1) is 29.0. The zero-order valence-corrected chi connectivity index (χ0v) is 22.7. The van der Waals surface area contributed by atoms with Crippen molar-refractivity contribution in [1.82, 2.24) is 4.90 Å². The molecule has 3 aliphatic rings. The van der Waals surface area contributed by atoms with Crippen LogP contribution in [-0.4, -0.2) is 71.4 Å². The second-order valence-corrected chi connectivity index (χ2v) is 10.9. The number of imide groups is 1. The van der Waals surface area contributed by atoms with Crippen LogP contribution in [0.15, 0.2) is 41.0 Å². The molecule has 210 valence electrons. The Balaban J connectivity index is 1.50. The number of nitrogens with zero attached hydrogens (tertiary/aromatic N) is 1. The van der Waals surface area contributed by atoms with Gasteiger partial charge in [0.05, 0.1) is 24.5 Å². The fraction of sp³-hybridized carbons (Fsp3) is 0.552. The molecule has 9 nitrogen and oxygen atoms in total. The Labute approximate surface area is 229 Å². The van der Waals surface area contributed by atoms with Crippen LogP contribution in [-0.2, 0) is 23.8 Å².